The second kappa shape index (κ2) is 3.70. The van der Waals surface area contributed by atoms with Crippen molar-refractivity contribution in [1.29, 1.82) is 0 Å². The Hall–Kier alpha value is -1.88. The number of nitrogens with two attached hydrogens (primary N) is 1. The van der Waals surface area contributed by atoms with Crippen molar-refractivity contribution in [3.05, 3.63) is 41.8 Å². The fourth-order valence-electron chi connectivity index (χ4n) is 1.33. The zero-order valence-electron chi connectivity index (χ0n) is 7.89. The lowest BCUT2D eigenvalue weighted by Crippen LogP contribution is -2.03. The summed E-state index contributed by atoms with van der Waals surface area (Å²) in [5, 5.41) is 12.9. The Morgan fingerprint density at radius 3 is 2.87 bits per heavy atom. The topological polar surface area (TPSA) is 64.1 Å². The second-order valence-electron chi connectivity index (χ2n) is 3.10. The maximum Gasteiger partial charge on any atom is 0.132 e. The number of benzene rings is 1. The van der Waals surface area contributed by atoms with Gasteiger partial charge in [0, 0.05) is 5.56 Å². The normalized spacial score (nSPS) is 10.5. The smallest absolute Gasteiger partial charge is 0.132 e. The number of aromatic nitrogens is 2. The molecule has 0 atom stereocenters. The third kappa shape index (κ3) is 1.69. The highest BCUT2D eigenvalue weighted by atomic mass is 19.1. The van der Waals surface area contributed by atoms with Crippen molar-refractivity contribution in [3.8, 4) is 5.69 Å². The number of anilines is 1. The van der Waals surface area contributed by atoms with Crippen LogP contribution in [0.15, 0.2) is 30.5 Å². The van der Waals surface area contributed by atoms with Crippen LogP contribution in [-0.2, 0) is 6.61 Å². The molecule has 2 aromatic rings. The predicted molar refractivity (Wildman–Crippen MR) is 53.9 cm³/mol. The first-order chi connectivity index (χ1) is 7.22. The lowest BCUT2D eigenvalue weighted by molar-refractivity contribution is 0.282. The van der Waals surface area contributed by atoms with Crippen LogP contribution in [0.3, 0.4) is 0 Å². The molecular formula is C10H10FN3O. The fourth-order valence-corrected chi connectivity index (χ4v) is 1.33. The van der Waals surface area contributed by atoms with E-state index in [1.165, 1.54) is 23.0 Å². The van der Waals surface area contributed by atoms with Crippen LogP contribution in [0.4, 0.5) is 10.2 Å². The summed E-state index contributed by atoms with van der Waals surface area (Å²) >= 11 is 0. The highest BCUT2D eigenvalue weighted by Crippen LogP contribution is 2.17. The molecule has 1 heterocycles. The molecule has 78 valence electrons. The number of nitrogen functional groups attached to an aromatic ring is 1. The van der Waals surface area contributed by atoms with Crippen LogP contribution in [0.1, 0.15) is 5.56 Å². The molecule has 3 N–H and O–H groups in total. The zero-order chi connectivity index (χ0) is 10.8. The molecule has 0 aliphatic rings. The van der Waals surface area contributed by atoms with Crippen LogP contribution in [-0.4, -0.2) is 14.9 Å². The van der Waals surface area contributed by atoms with Gasteiger partial charge in [-0.25, -0.2) is 9.07 Å². The Balaban J connectivity index is 2.49. The van der Waals surface area contributed by atoms with Crippen molar-refractivity contribution in [2.45, 2.75) is 6.61 Å². The molecule has 15 heavy (non-hydrogen) atoms. The number of hydrogen-bond acceptors (Lipinski definition) is 3. The molecule has 0 saturated heterocycles. The maximum atomic E-state index is 12.9. The molecule has 0 aliphatic carbocycles. The molecule has 0 bridgehead atoms. The van der Waals surface area contributed by atoms with E-state index in [1.807, 2.05) is 0 Å². The number of aliphatic hydroxyl groups excluding tert-OH is 1. The van der Waals surface area contributed by atoms with Gasteiger partial charge in [0.05, 0.1) is 18.5 Å². The number of aliphatic hydroxyl groups is 1. The van der Waals surface area contributed by atoms with E-state index >= 15 is 0 Å². The minimum atomic E-state index is -0.354. The second-order valence-corrected chi connectivity index (χ2v) is 3.10. The van der Waals surface area contributed by atoms with Crippen molar-refractivity contribution in [3.63, 3.8) is 0 Å². The van der Waals surface area contributed by atoms with Crippen LogP contribution in [0.25, 0.3) is 5.69 Å². The van der Waals surface area contributed by atoms with Gasteiger partial charge in [-0.2, -0.15) is 5.10 Å². The molecule has 5 heteroatoms. The van der Waals surface area contributed by atoms with Crippen molar-refractivity contribution in [1.82, 2.24) is 9.78 Å². The third-order valence-corrected chi connectivity index (χ3v) is 2.11. The Morgan fingerprint density at radius 2 is 2.27 bits per heavy atom. The summed E-state index contributed by atoms with van der Waals surface area (Å²) in [5.41, 5.74) is 6.78. The van der Waals surface area contributed by atoms with Crippen LogP contribution in [0.2, 0.25) is 0 Å². The van der Waals surface area contributed by atoms with E-state index < -0.39 is 0 Å². The summed E-state index contributed by atoms with van der Waals surface area (Å²) in [5.74, 6) is -0.0314. The van der Waals surface area contributed by atoms with Crippen LogP contribution in [0.5, 0.6) is 0 Å². The first-order valence-electron chi connectivity index (χ1n) is 4.41. The summed E-state index contributed by atoms with van der Waals surface area (Å²) in [6, 6.07) is 5.93. The van der Waals surface area contributed by atoms with Crippen LogP contribution >= 0.6 is 0 Å². The summed E-state index contributed by atoms with van der Waals surface area (Å²) in [6.07, 6.45) is 1.46. The van der Waals surface area contributed by atoms with Gasteiger partial charge in [0.25, 0.3) is 0 Å². The molecule has 0 saturated carbocycles. The molecule has 0 aliphatic heterocycles. The van der Waals surface area contributed by atoms with E-state index in [0.29, 0.717) is 17.1 Å². The average Bonchev–Trinajstić information content (AvgIpc) is 2.59. The Morgan fingerprint density at radius 1 is 1.47 bits per heavy atom. The fraction of sp³-hybridized carbons (Fsp3) is 0.100. The van der Waals surface area contributed by atoms with E-state index in [0.717, 1.165) is 0 Å². The minimum absolute atomic E-state index is 0.179. The summed E-state index contributed by atoms with van der Waals surface area (Å²) in [4.78, 5) is 0. The quantitative estimate of drug-likeness (QED) is 0.774. The van der Waals surface area contributed by atoms with E-state index in [2.05, 4.69) is 5.10 Å². The maximum absolute atomic E-state index is 12.9. The lowest BCUT2D eigenvalue weighted by Gasteiger charge is -2.04. The van der Waals surface area contributed by atoms with E-state index in [9.17, 15) is 4.39 Å². The summed E-state index contributed by atoms with van der Waals surface area (Å²) in [7, 11) is 0. The molecule has 0 fully saturated rings. The number of hydrogen-bond donors (Lipinski definition) is 2. The van der Waals surface area contributed by atoms with Gasteiger partial charge in [-0.05, 0) is 18.2 Å². The third-order valence-electron chi connectivity index (χ3n) is 2.11. The van der Waals surface area contributed by atoms with E-state index in [4.69, 9.17) is 10.8 Å². The minimum Gasteiger partial charge on any atom is -0.391 e. The van der Waals surface area contributed by atoms with Gasteiger partial charge in [0.2, 0.25) is 0 Å². The largest absolute Gasteiger partial charge is 0.391 e. The Bertz CT molecular complexity index is 481. The highest BCUT2D eigenvalue weighted by Gasteiger charge is 2.08. The molecular weight excluding hydrogens is 197 g/mol. The van der Waals surface area contributed by atoms with Gasteiger partial charge < -0.3 is 10.8 Å². The molecule has 0 radical (unpaired) electrons. The standard InChI is InChI=1S/C10H10FN3O/c11-8-2-1-3-9(4-8)14-10(12)7(6-15)5-13-14/h1-5,15H,6,12H2. The predicted octanol–water partition coefficient (Wildman–Crippen LogP) is 1.09. The van der Waals surface area contributed by atoms with Gasteiger partial charge >= 0.3 is 0 Å². The van der Waals surface area contributed by atoms with Crippen molar-refractivity contribution >= 4 is 5.82 Å². The molecule has 1 aromatic heterocycles. The highest BCUT2D eigenvalue weighted by molar-refractivity contribution is 5.46. The first kappa shape index (κ1) is 9.67. The summed E-state index contributed by atoms with van der Waals surface area (Å²) < 4.78 is 14.3. The number of nitrogens with zero attached hydrogens (tertiary/aromatic N) is 2. The van der Waals surface area contributed by atoms with Gasteiger partial charge in [0.15, 0.2) is 0 Å². The van der Waals surface area contributed by atoms with Gasteiger partial charge in [0.1, 0.15) is 11.6 Å². The van der Waals surface area contributed by atoms with Crippen LogP contribution in [0, 0.1) is 5.82 Å². The molecule has 0 amide bonds. The van der Waals surface area contributed by atoms with E-state index in [1.54, 1.807) is 12.1 Å². The molecule has 2 rings (SSSR count). The number of rotatable bonds is 2. The lowest BCUT2D eigenvalue weighted by atomic mass is 10.3. The van der Waals surface area contributed by atoms with Crippen molar-refractivity contribution in [2.24, 2.45) is 0 Å². The Labute approximate surface area is 85.8 Å². The van der Waals surface area contributed by atoms with Gasteiger partial charge in [-0.1, -0.05) is 6.07 Å². The number of halogens is 1. The monoisotopic (exact) mass is 207 g/mol. The molecule has 4 nitrogen and oxygen atoms in total. The molecule has 0 unspecified atom stereocenters. The first-order valence-corrected chi connectivity index (χ1v) is 4.41. The van der Waals surface area contributed by atoms with Crippen molar-refractivity contribution in [2.75, 3.05) is 5.73 Å². The van der Waals surface area contributed by atoms with Crippen LogP contribution < -0.4 is 5.73 Å². The SMILES string of the molecule is Nc1c(CO)cnn1-c1cccc(F)c1. The Kier molecular flexibility index (Phi) is 2.39. The van der Waals surface area contributed by atoms with E-state index in [-0.39, 0.29) is 12.4 Å². The summed E-state index contributed by atoms with van der Waals surface area (Å²) in [6.45, 7) is -0.179. The van der Waals surface area contributed by atoms with Gasteiger partial charge in [-0.15, -0.1) is 0 Å². The van der Waals surface area contributed by atoms with Crippen molar-refractivity contribution < 1.29 is 9.50 Å². The molecule has 1 aromatic carbocycles. The zero-order valence-corrected chi connectivity index (χ0v) is 7.89. The average molecular weight is 207 g/mol. The van der Waals surface area contributed by atoms with Gasteiger partial charge in [-0.3, -0.25) is 0 Å². The molecule has 0 spiro atoms.